The van der Waals surface area contributed by atoms with Crippen molar-refractivity contribution in [1.29, 1.82) is 5.26 Å². The fraction of sp³-hybridized carbons (Fsp3) is 0.333. The Kier molecular flexibility index (Phi) is 5.59. The van der Waals surface area contributed by atoms with Crippen LogP contribution in [-0.2, 0) is 4.79 Å². The highest BCUT2D eigenvalue weighted by Gasteiger charge is 2.17. The number of carbonyl (C=O) groups is 1. The maximum atomic E-state index is 12.3. The first-order valence-corrected chi connectivity index (χ1v) is 6.20. The van der Waals surface area contributed by atoms with Crippen LogP contribution in [-0.4, -0.2) is 11.7 Å². The third kappa shape index (κ3) is 4.00. The number of thioether (sulfide) groups is 1. The summed E-state index contributed by atoms with van der Waals surface area (Å²) in [6.07, 6.45) is 0.381. The molecule has 0 fully saturated rings. The minimum Gasteiger partial charge on any atom is -0.324 e. The van der Waals surface area contributed by atoms with Gasteiger partial charge in [-0.05, 0) is 18.6 Å². The van der Waals surface area contributed by atoms with Gasteiger partial charge in [0.05, 0.1) is 11.8 Å². The van der Waals surface area contributed by atoms with Crippen molar-refractivity contribution in [2.24, 2.45) is 5.92 Å². The number of hydrogen-bond donors (Lipinski definition) is 1. The molecule has 1 N–H and O–H groups in total. The number of anilines is 1. The summed E-state index contributed by atoms with van der Waals surface area (Å²) in [7, 11) is 0. The van der Waals surface area contributed by atoms with Crippen LogP contribution in [0.2, 0.25) is 0 Å². The second-order valence-corrected chi connectivity index (χ2v) is 4.49. The molecule has 1 aromatic rings. The summed E-state index contributed by atoms with van der Waals surface area (Å²) in [5, 5.41) is 11.3. The molecule has 1 rings (SSSR count). The van der Waals surface area contributed by atoms with Crippen molar-refractivity contribution in [3.63, 3.8) is 0 Å². The Balaban J connectivity index is 2.84. The summed E-state index contributed by atoms with van der Waals surface area (Å²) in [6, 6.07) is 8.15. The summed E-state index contributed by atoms with van der Waals surface area (Å²) in [6.45, 7) is 1.72. The average molecular weight is 270 g/mol. The van der Waals surface area contributed by atoms with Crippen molar-refractivity contribution < 1.29 is 13.6 Å². The summed E-state index contributed by atoms with van der Waals surface area (Å²) < 4.78 is 24.7. The Morgan fingerprint density at radius 2 is 2.17 bits per heavy atom. The molecule has 1 amide bonds. The summed E-state index contributed by atoms with van der Waals surface area (Å²) in [4.78, 5) is 12.0. The Morgan fingerprint density at radius 3 is 2.72 bits per heavy atom. The number of nitriles is 1. The number of alkyl halides is 2. The molecule has 96 valence electrons. The maximum absolute atomic E-state index is 12.3. The lowest BCUT2D eigenvalue weighted by Gasteiger charge is -2.11. The van der Waals surface area contributed by atoms with Crippen LogP contribution in [0.1, 0.15) is 13.3 Å². The average Bonchev–Trinajstić information content (AvgIpc) is 2.32. The Labute approximate surface area is 108 Å². The first kappa shape index (κ1) is 14.5. The number of carbonyl (C=O) groups excluding carboxylic acids is 1. The predicted octanol–water partition coefficient (Wildman–Crippen LogP) is 3.49. The molecular weight excluding hydrogens is 258 g/mol. The first-order valence-electron chi connectivity index (χ1n) is 5.32. The van der Waals surface area contributed by atoms with Crippen LogP contribution >= 0.6 is 11.8 Å². The van der Waals surface area contributed by atoms with E-state index in [4.69, 9.17) is 5.26 Å². The molecule has 1 unspecified atom stereocenters. The molecule has 0 aliphatic rings. The zero-order chi connectivity index (χ0) is 13.5. The monoisotopic (exact) mass is 270 g/mol. The lowest BCUT2D eigenvalue weighted by Crippen LogP contribution is -2.21. The molecule has 0 bridgehead atoms. The van der Waals surface area contributed by atoms with Gasteiger partial charge in [0.2, 0.25) is 5.91 Å². The normalized spacial score (nSPS) is 11.9. The Morgan fingerprint density at radius 1 is 1.50 bits per heavy atom. The van der Waals surface area contributed by atoms with Gasteiger partial charge in [-0.15, -0.1) is 0 Å². The molecule has 0 aliphatic carbocycles. The van der Waals surface area contributed by atoms with E-state index in [1.165, 1.54) is 12.1 Å². The van der Waals surface area contributed by atoms with E-state index in [1.54, 1.807) is 19.1 Å². The van der Waals surface area contributed by atoms with Crippen molar-refractivity contribution >= 4 is 23.4 Å². The SMILES string of the molecule is CCC(C#N)C(=O)Nc1ccccc1SC(F)F. The van der Waals surface area contributed by atoms with Gasteiger partial charge in [-0.3, -0.25) is 4.79 Å². The van der Waals surface area contributed by atoms with Crippen LogP contribution in [0.4, 0.5) is 14.5 Å². The Hall–Kier alpha value is -1.61. The van der Waals surface area contributed by atoms with Gasteiger partial charge < -0.3 is 5.32 Å². The van der Waals surface area contributed by atoms with Gasteiger partial charge in [-0.25, -0.2) is 0 Å². The largest absolute Gasteiger partial charge is 0.324 e. The van der Waals surface area contributed by atoms with Gasteiger partial charge >= 0.3 is 0 Å². The molecule has 0 saturated carbocycles. The van der Waals surface area contributed by atoms with E-state index in [0.29, 0.717) is 23.9 Å². The molecule has 0 heterocycles. The molecule has 0 saturated heterocycles. The van der Waals surface area contributed by atoms with Crippen molar-refractivity contribution in [2.45, 2.75) is 24.0 Å². The number of amides is 1. The highest BCUT2D eigenvalue weighted by Crippen LogP contribution is 2.31. The van der Waals surface area contributed by atoms with Crippen LogP contribution < -0.4 is 5.32 Å². The van der Waals surface area contributed by atoms with E-state index in [-0.39, 0.29) is 4.90 Å². The molecule has 6 heteroatoms. The maximum Gasteiger partial charge on any atom is 0.288 e. The minimum atomic E-state index is -2.55. The third-order valence-electron chi connectivity index (χ3n) is 2.24. The molecule has 0 aliphatic heterocycles. The lowest BCUT2D eigenvalue weighted by atomic mass is 10.1. The van der Waals surface area contributed by atoms with Gasteiger partial charge in [0.25, 0.3) is 5.76 Å². The second kappa shape index (κ2) is 6.97. The van der Waals surface area contributed by atoms with Crippen molar-refractivity contribution in [3.05, 3.63) is 24.3 Å². The number of hydrogen-bond acceptors (Lipinski definition) is 3. The highest BCUT2D eigenvalue weighted by molar-refractivity contribution is 7.99. The number of para-hydroxylation sites is 1. The zero-order valence-corrected chi connectivity index (χ0v) is 10.5. The molecule has 0 spiro atoms. The van der Waals surface area contributed by atoms with E-state index in [9.17, 15) is 13.6 Å². The van der Waals surface area contributed by atoms with Gasteiger partial charge in [-0.1, -0.05) is 30.8 Å². The van der Waals surface area contributed by atoms with Crippen LogP contribution in [0.15, 0.2) is 29.2 Å². The number of rotatable bonds is 5. The van der Waals surface area contributed by atoms with Gasteiger partial charge in [-0.2, -0.15) is 14.0 Å². The molecule has 1 aromatic carbocycles. The molecule has 1 atom stereocenters. The van der Waals surface area contributed by atoms with Crippen LogP contribution in [0.3, 0.4) is 0 Å². The predicted molar refractivity (Wildman–Crippen MR) is 66.3 cm³/mol. The Bertz CT molecular complexity index is 460. The summed E-state index contributed by atoms with van der Waals surface area (Å²) >= 11 is 0.363. The van der Waals surface area contributed by atoms with Gasteiger partial charge in [0.1, 0.15) is 5.92 Å². The van der Waals surface area contributed by atoms with Crippen molar-refractivity contribution in [2.75, 3.05) is 5.32 Å². The third-order valence-corrected chi connectivity index (χ3v) is 3.03. The van der Waals surface area contributed by atoms with E-state index in [1.807, 2.05) is 6.07 Å². The van der Waals surface area contributed by atoms with E-state index in [0.717, 1.165) is 0 Å². The van der Waals surface area contributed by atoms with Crippen molar-refractivity contribution in [3.8, 4) is 6.07 Å². The van der Waals surface area contributed by atoms with E-state index < -0.39 is 17.6 Å². The number of nitrogens with one attached hydrogen (secondary N) is 1. The first-order chi connectivity index (χ1) is 8.58. The van der Waals surface area contributed by atoms with Crippen LogP contribution in [0.25, 0.3) is 0 Å². The standard InChI is InChI=1S/C12H12F2N2OS/c1-2-8(7-15)11(17)16-9-5-3-4-6-10(9)18-12(13)14/h3-6,8,12H,2H2,1H3,(H,16,17). The number of halogens is 2. The quantitative estimate of drug-likeness (QED) is 0.833. The minimum absolute atomic E-state index is 0.286. The zero-order valence-electron chi connectivity index (χ0n) is 9.69. The number of nitrogens with zero attached hydrogens (tertiary/aromatic N) is 1. The molecular formula is C12H12F2N2OS. The van der Waals surface area contributed by atoms with Crippen LogP contribution in [0.5, 0.6) is 0 Å². The molecule has 0 aromatic heterocycles. The fourth-order valence-corrected chi connectivity index (χ4v) is 1.92. The van der Waals surface area contributed by atoms with Gasteiger partial charge in [0, 0.05) is 4.90 Å². The van der Waals surface area contributed by atoms with E-state index >= 15 is 0 Å². The highest BCUT2D eigenvalue weighted by atomic mass is 32.2. The lowest BCUT2D eigenvalue weighted by molar-refractivity contribution is -0.118. The molecule has 3 nitrogen and oxygen atoms in total. The number of benzene rings is 1. The van der Waals surface area contributed by atoms with Crippen LogP contribution in [0, 0.1) is 17.2 Å². The molecule has 18 heavy (non-hydrogen) atoms. The van der Waals surface area contributed by atoms with Crippen molar-refractivity contribution in [1.82, 2.24) is 0 Å². The van der Waals surface area contributed by atoms with E-state index in [2.05, 4.69) is 5.32 Å². The topological polar surface area (TPSA) is 52.9 Å². The van der Waals surface area contributed by atoms with Gasteiger partial charge in [0.15, 0.2) is 0 Å². The molecule has 0 radical (unpaired) electrons. The smallest absolute Gasteiger partial charge is 0.288 e. The second-order valence-electron chi connectivity index (χ2n) is 3.45. The summed E-state index contributed by atoms with van der Waals surface area (Å²) in [5.41, 5.74) is 0.307. The fourth-order valence-electron chi connectivity index (χ4n) is 1.32. The summed E-state index contributed by atoms with van der Waals surface area (Å²) in [5.74, 6) is -3.79.